The van der Waals surface area contributed by atoms with E-state index >= 15 is 0 Å². The van der Waals surface area contributed by atoms with Crippen molar-refractivity contribution in [2.75, 3.05) is 0 Å². The first kappa shape index (κ1) is 12.7. The van der Waals surface area contributed by atoms with Gasteiger partial charge >= 0.3 is 0 Å². The van der Waals surface area contributed by atoms with Crippen LogP contribution >= 0.6 is 0 Å². The van der Waals surface area contributed by atoms with E-state index in [9.17, 15) is 4.79 Å². The highest BCUT2D eigenvalue weighted by molar-refractivity contribution is 5.57. The molecular weight excluding hydrogens is 160 g/mol. The summed E-state index contributed by atoms with van der Waals surface area (Å²) in [5.41, 5.74) is -0.0994. The smallest absolute Gasteiger partial charge is 0.125 e. The summed E-state index contributed by atoms with van der Waals surface area (Å²) in [6.45, 7) is 8.55. The molecule has 13 heavy (non-hydrogen) atoms. The van der Waals surface area contributed by atoms with E-state index in [1.807, 2.05) is 13.8 Å². The van der Waals surface area contributed by atoms with Gasteiger partial charge in [-0.3, -0.25) is 0 Å². The number of carbonyl (C=O) groups excluding carboxylic acids is 1. The lowest BCUT2D eigenvalue weighted by Gasteiger charge is -2.15. The molecule has 1 heteroatoms. The summed E-state index contributed by atoms with van der Waals surface area (Å²) in [6, 6.07) is 0. The third kappa shape index (κ3) is 8.01. The fourth-order valence-corrected chi connectivity index (χ4v) is 1.37. The number of carbonyl (C=O) groups is 1. The number of hydrogen-bond acceptors (Lipinski definition) is 1. The minimum absolute atomic E-state index is 0.0994. The Morgan fingerprint density at radius 3 is 2.23 bits per heavy atom. The van der Waals surface area contributed by atoms with Gasteiger partial charge in [-0.05, 0) is 12.3 Å². The normalized spacial score (nSPS) is 12.1. The molecule has 0 heterocycles. The van der Waals surface area contributed by atoms with Gasteiger partial charge in [-0.1, -0.05) is 53.4 Å². The van der Waals surface area contributed by atoms with Crippen LogP contribution < -0.4 is 0 Å². The minimum atomic E-state index is -0.0994. The Balaban J connectivity index is 3.30. The summed E-state index contributed by atoms with van der Waals surface area (Å²) >= 11 is 0. The van der Waals surface area contributed by atoms with Crippen molar-refractivity contribution in [3.63, 3.8) is 0 Å². The van der Waals surface area contributed by atoms with Crippen molar-refractivity contribution in [1.82, 2.24) is 0 Å². The van der Waals surface area contributed by atoms with E-state index in [0.29, 0.717) is 0 Å². The van der Waals surface area contributed by atoms with Crippen molar-refractivity contribution in [2.24, 2.45) is 11.3 Å². The molecule has 0 aliphatic heterocycles. The lowest BCUT2D eigenvalue weighted by Crippen LogP contribution is -2.12. The van der Waals surface area contributed by atoms with E-state index in [1.165, 1.54) is 25.7 Å². The lowest BCUT2D eigenvalue weighted by atomic mass is 9.88. The zero-order chi connectivity index (χ0) is 10.3. The van der Waals surface area contributed by atoms with Gasteiger partial charge in [0.15, 0.2) is 0 Å². The highest BCUT2D eigenvalue weighted by Crippen LogP contribution is 2.21. The Morgan fingerprint density at radius 2 is 1.77 bits per heavy atom. The van der Waals surface area contributed by atoms with E-state index in [4.69, 9.17) is 0 Å². The molecule has 0 aliphatic carbocycles. The van der Waals surface area contributed by atoms with E-state index in [1.54, 1.807) is 0 Å². The molecule has 0 N–H and O–H groups in total. The monoisotopic (exact) mass is 184 g/mol. The molecule has 0 rings (SSSR count). The highest BCUT2D eigenvalue weighted by Gasteiger charge is 2.14. The first-order chi connectivity index (χ1) is 5.98. The van der Waals surface area contributed by atoms with Crippen molar-refractivity contribution in [1.29, 1.82) is 0 Å². The molecule has 1 nitrogen and oxygen atoms in total. The van der Waals surface area contributed by atoms with Crippen LogP contribution in [0, 0.1) is 11.3 Å². The molecule has 0 saturated carbocycles. The maximum atomic E-state index is 10.6. The summed E-state index contributed by atoms with van der Waals surface area (Å²) < 4.78 is 0. The second-order valence-corrected chi connectivity index (χ2v) is 5.10. The van der Waals surface area contributed by atoms with Crippen LogP contribution in [0.15, 0.2) is 0 Å². The number of rotatable bonds is 7. The number of unbranched alkanes of at least 4 members (excludes halogenated alkanes) is 2. The van der Waals surface area contributed by atoms with Crippen LogP contribution in [-0.4, -0.2) is 6.29 Å². The summed E-state index contributed by atoms with van der Waals surface area (Å²) in [4.78, 5) is 10.6. The first-order valence-electron chi connectivity index (χ1n) is 5.44. The fraction of sp³-hybridized carbons (Fsp3) is 0.917. The highest BCUT2D eigenvalue weighted by atomic mass is 16.1. The van der Waals surface area contributed by atoms with Gasteiger partial charge in [-0.2, -0.15) is 0 Å². The molecule has 0 spiro atoms. The molecule has 0 unspecified atom stereocenters. The fourth-order valence-electron chi connectivity index (χ4n) is 1.37. The van der Waals surface area contributed by atoms with Crippen LogP contribution in [0.1, 0.15) is 59.8 Å². The van der Waals surface area contributed by atoms with Gasteiger partial charge in [0.05, 0.1) is 0 Å². The van der Waals surface area contributed by atoms with Crippen molar-refractivity contribution in [3.05, 3.63) is 0 Å². The molecule has 0 radical (unpaired) electrons. The van der Waals surface area contributed by atoms with Crippen LogP contribution in [0.5, 0.6) is 0 Å². The standard InChI is InChI=1S/C12H24O/c1-11(2)8-6-5-7-9-12(3,4)10-13/h10-11H,5-9H2,1-4H3. The first-order valence-corrected chi connectivity index (χ1v) is 5.44. The van der Waals surface area contributed by atoms with Gasteiger partial charge in [0.2, 0.25) is 0 Å². The quantitative estimate of drug-likeness (QED) is 0.434. The zero-order valence-electron chi connectivity index (χ0n) is 9.60. The second-order valence-electron chi connectivity index (χ2n) is 5.10. The third-order valence-electron chi connectivity index (χ3n) is 2.42. The minimum Gasteiger partial charge on any atom is -0.303 e. The maximum Gasteiger partial charge on any atom is 0.125 e. The van der Waals surface area contributed by atoms with Crippen LogP contribution in [-0.2, 0) is 4.79 Å². The Kier molecular flexibility index (Phi) is 6.02. The molecule has 0 atom stereocenters. The summed E-state index contributed by atoms with van der Waals surface area (Å²) in [6.07, 6.45) is 7.21. The van der Waals surface area contributed by atoms with Gasteiger partial charge < -0.3 is 4.79 Å². The summed E-state index contributed by atoms with van der Waals surface area (Å²) in [7, 11) is 0. The summed E-state index contributed by atoms with van der Waals surface area (Å²) in [5.74, 6) is 0.819. The van der Waals surface area contributed by atoms with E-state index in [2.05, 4.69) is 13.8 Å². The van der Waals surface area contributed by atoms with Crippen LogP contribution in [0.4, 0.5) is 0 Å². The van der Waals surface area contributed by atoms with E-state index in [-0.39, 0.29) is 5.41 Å². The molecule has 0 aromatic rings. The SMILES string of the molecule is CC(C)CCCCCC(C)(C)C=O. The van der Waals surface area contributed by atoms with Gasteiger partial charge in [0, 0.05) is 5.41 Å². The molecule has 0 aliphatic rings. The number of hydrogen-bond donors (Lipinski definition) is 0. The molecule has 0 bridgehead atoms. The molecule has 78 valence electrons. The van der Waals surface area contributed by atoms with Crippen molar-refractivity contribution >= 4 is 6.29 Å². The van der Waals surface area contributed by atoms with Crippen LogP contribution in [0.25, 0.3) is 0 Å². The lowest BCUT2D eigenvalue weighted by molar-refractivity contribution is -0.115. The van der Waals surface area contributed by atoms with Crippen LogP contribution in [0.3, 0.4) is 0 Å². The maximum absolute atomic E-state index is 10.6. The van der Waals surface area contributed by atoms with Gasteiger partial charge in [-0.25, -0.2) is 0 Å². The second kappa shape index (κ2) is 6.17. The van der Waals surface area contributed by atoms with Gasteiger partial charge in [-0.15, -0.1) is 0 Å². The molecule has 0 fully saturated rings. The third-order valence-corrected chi connectivity index (χ3v) is 2.42. The van der Waals surface area contributed by atoms with Crippen molar-refractivity contribution in [2.45, 2.75) is 59.8 Å². The molecule has 0 aromatic heterocycles. The Bertz CT molecular complexity index is 136. The Morgan fingerprint density at radius 1 is 1.15 bits per heavy atom. The predicted molar refractivity (Wildman–Crippen MR) is 57.8 cm³/mol. The average molecular weight is 184 g/mol. The Labute approximate surface area is 82.9 Å². The zero-order valence-corrected chi connectivity index (χ0v) is 9.60. The Hall–Kier alpha value is -0.330. The molecule has 0 aromatic carbocycles. The topological polar surface area (TPSA) is 17.1 Å². The van der Waals surface area contributed by atoms with E-state index < -0.39 is 0 Å². The van der Waals surface area contributed by atoms with Gasteiger partial charge in [0.1, 0.15) is 6.29 Å². The largest absolute Gasteiger partial charge is 0.303 e. The number of aldehydes is 1. The molecule has 0 amide bonds. The molecule has 0 saturated heterocycles. The van der Waals surface area contributed by atoms with Crippen LogP contribution in [0.2, 0.25) is 0 Å². The van der Waals surface area contributed by atoms with Crippen molar-refractivity contribution in [3.8, 4) is 0 Å². The molecular formula is C12H24O. The van der Waals surface area contributed by atoms with E-state index in [0.717, 1.165) is 18.6 Å². The predicted octanol–water partition coefficient (Wildman–Crippen LogP) is 3.82. The van der Waals surface area contributed by atoms with Gasteiger partial charge in [0.25, 0.3) is 0 Å². The average Bonchev–Trinajstić information content (AvgIpc) is 2.03. The summed E-state index contributed by atoms with van der Waals surface area (Å²) in [5, 5.41) is 0. The van der Waals surface area contributed by atoms with Crippen molar-refractivity contribution < 1.29 is 4.79 Å².